The van der Waals surface area contributed by atoms with Gasteiger partial charge >= 0.3 is 0 Å². The number of ether oxygens (including phenoxy) is 2. The van der Waals surface area contributed by atoms with Crippen LogP contribution in [0.2, 0.25) is 5.02 Å². The van der Waals surface area contributed by atoms with E-state index in [2.05, 4.69) is 10.0 Å². The zero-order valence-electron chi connectivity index (χ0n) is 17.1. The molecule has 0 bridgehead atoms. The number of anilines is 2. The van der Waals surface area contributed by atoms with E-state index >= 15 is 0 Å². The minimum Gasteiger partial charge on any atom is -0.495 e. The molecule has 31 heavy (non-hydrogen) atoms. The minimum atomic E-state index is -4.00. The Morgan fingerprint density at radius 3 is 2.29 bits per heavy atom. The molecule has 2 N–H and O–H groups in total. The van der Waals surface area contributed by atoms with E-state index in [0.717, 1.165) is 5.56 Å². The molecule has 0 radical (unpaired) electrons. The van der Waals surface area contributed by atoms with Crippen molar-refractivity contribution in [2.45, 2.75) is 11.8 Å². The lowest BCUT2D eigenvalue weighted by Crippen LogP contribution is -2.16. The topological polar surface area (TPSA) is 93.7 Å². The Hall–Kier alpha value is -3.23. The van der Waals surface area contributed by atoms with Crippen LogP contribution in [-0.2, 0) is 10.0 Å². The number of carbonyl (C=O) groups excluding carboxylic acids is 1. The second-order valence-corrected chi connectivity index (χ2v) is 8.75. The number of benzene rings is 3. The summed E-state index contributed by atoms with van der Waals surface area (Å²) in [5, 5.41) is 3.10. The van der Waals surface area contributed by atoms with Crippen molar-refractivity contribution in [1.29, 1.82) is 0 Å². The van der Waals surface area contributed by atoms with Gasteiger partial charge in [0.1, 0.15) is 11.5 Å². The molecule has 7 nitrogen and oxygen atoms in total. The van der Waals surface area contributed by atoms with Gasteiger partial charge in [-0.3, -0.25) is 9.52 Å². The van der Waals surface area contributed by atoms with Crippen molar-refractivity contribution >= 4 is 38.9 Å². The highest BCUT2D eigenvalue weighted by molar-refractivity contribution is 7.92. The Bertz CT molecular complexity index is 1230. The van der Waals surface area contributed by atoms with E-state index < -0.39 is 15.9 Å². The average molecular weight is 461 g/mol. The predicted molar refractivity (Wildman–Crippen MR) is 121 cm³/mol. The number of hydrogen-bond donors (Lipinski definition) is 2. The molecule has 1 amide bonds. The maximum absolute atomic E-state index is 12.9. The molecule has 0 spiro atoms. The number of hydrogen-bond acceptors (Lipinski definition) is 5. The first-order chi connectivity index (χ1) is 14.7. The Morgan fingerprint density at radius 1 is 0.903 bits per heavy atom. The molecule has 3 aromatic carbocycles. The van der Waals surface area contributed by atoms with Gasteiger partial charge in [-0.2, -0.15) is 0 Å². The molecule has 0 aromatic heterocycles. The van der Waals surface area contributed by atoms with Crippen molar-refractivity contribution in [2.75, 3.05) is 24.3 Å². The quantitative estimate of drug-likeness (QED) is 0.532. The van der Waals surface area contributed by atoms with Gasteiger partial charge in [0.05, 0.1) is 30.5 Å². The van der Waals surface area contributed by atoms with Gasteiger partial charge in [0, 0.05) is 10.6 Å². The summed E-state index contributed by atoms with van der Waals surface area (Å²) < 4.78 is 38.7. The summed E-state index contributed by atoms with van der Waals surface area (Å²) >= 11 is 5.97. The van der Waals surface area contributed by atoms with Crippen LogP contribution in [0.25, 0.3) is 0 Å². The second-order valence-electron chi connectivity index (χ2n) is 6.64. The first kappa shape index (κ1) is 22.5. The molecule has 3 rings (SSSR count). The summed E-state index contributed by atoms with van der Waals surface area (Å²) in [7, 11) is -1.08. The molecule has 0 saturated carbocycles. The van der Waals surface area contributed by atoms with E-state index in [1.54, 1.807) is 24.3 Å². The summed E-state index contributed by atoms with van der Waals surface area (Å²) in [4.78, 5) is 12.7. The molecule has 0 aliphatic carbocycles. The summed E-state index contributed by atoms with van der Waals surface area (Å²) in [5.41, 5.74) is 1.79. The number of halogens is 1. The molecule has 0 unspecified atom stereocenters. The predicted octanol–water partition coefficient (Wildman–Crippen LogP) is 4.72. The van der Waals surface area contributed by atoms with E-state index in [9.17, 15) is 13.2 Å². The van der Waals surface area contributed by atoms with E-state index in [4.69, 9.17) is 21.1 Å². The summed E-state index contributed by atoms with van der Waals surface area (Å²) in [6, 6.07) is 15.7. The number of rotatable bonds is 7. The minimum absolute atomic E-state index is 0.0848. The third kappa shape index (κ3) is 5.28. The molecule has 0 saturated heterocycles. The Balaban J connectivity index is 1.88. The normalized spacial score (nSPS) is 11.0. The zero-order chi connectivity index (χ0) is 22.6. The summed E-state index contributed by atoms with van der Waals surface area (Å²) in [5.74, 6) is 0.340. The van der Waals surface area contributed by atoms with Crippen LogP contribution in [0.15, 0.2) is 65.6 Å². The van der Waals surface area contributed by atoms with Crippen molar-refractivity contribution in [3.8, 4) is 11.5 Å². The first-order valence-electron chi connectivity index (χ1n) is 9.16. The smallest absolute Gasteiger partial charge is 0.262 e. The third-order valence-electron chi connectivity index (χ3n) is 4.42. The van der Waals surface area contributed by atoms with Crippen LogP contribution < -0.4 is 19.5 Å². The molecule has 0 atom stereocenters. The fraction of sp³-hybridized carbons (Fsp3) is 0.136. The fourth-order valence-electron chi connectivity index (χ4n) is 2.88. The number of amides is 1. The third-order valence-corrected chi connectivity index (χ3v) is 6.01. The van der Waals surface area contributed by atoms with E-state index in [1.165, 1.54) is 44.6 Å². The van der Waals surface area contributed by atoms with Crippen molar-refractivity contribution in [3.05, 3.63) is 76.8 Å². The molecule has 0 fully saturated rings. The van der Waals surface area contributed by atoms with Crippen LogP contribution in [0.5, 0.6) is 11.5 Å². The molecule has 9 heteroatoms. The maximum Gasteiger partial charge on any atom is 0.262 e. The zero-order valence-corrected chi connectivity index (χ0v) is 18.7. The van der Waals surface area contributed by atoms with Crippen LogP contribution in [0.3, 0.4) is 0 Å². The number of carbonyl (C=O) groups is 1. The van der Waals surface area contributed by atoms with Gasteiger partial charge in [0.25, 0.3) is 15.9 Å². The van der Waals surface area contributed by atoms with Crippen LogP contribution in [-0.4, -0.2) is 28.5 Å². The van der Waals surface area contributed by atoms with Crippen molar-refractivity contribution in [2.24, 2.45) is 0 Å². The summed E-state index contributed by atoms with van der Waals surface area (Å²) in [6.45, 7) is 1.89. The van der Waals surface area contributed by atoms with Crippen molar-refractivity contribution < 1.29 is 22.7 Å². The van der Waals surface area contributed by atoms with Crippen LogP contribution in [0, 0.1) is 6.92 Å². The van der Waals surface area contributed by atoms with Gasteiger partial charge in [0.15, 0.2) is 0 Å². The Kier molecular flexibility index (Phi) is 6.72. The highest BCUT2D eigenvalue weighted by atomic mass is 35.5. The molecule has 3 aromatic rings. The molecule has 0 aliphatic heterocycles. The summed E-state index contributed by atoms with van der Waals surface area (Å²) in [6.07, 6.45) is 0. The monoisotopic (exact) mass is 460 g/mol. The van der Waals surface area contributed by atoms with Crippen LogP contribution in [0.4, 0.5) is 11.4 Å². The highest BCUT2D eigenvalue weighted by Gasteiger charge is 2.19. The van der Waals surface area contributed by atoms with Gasteiger partial charge in [-0.1, -0.05) is 23.7 Å². The Morgan fingerprint density at radius 2 is 1.58 bits per heavy atom. The highest BCUT2D eigenvalue weighted by Crippen LogP contribution is 2.30. The molecule has 162 valence electrons. The largest absolute Gasteiger partial charge is 0.495 e. The first-order valence-corrected chi connectivity index (χ1v) is 11.0. The van der Waals surface area contributed by atoms with E-state index in [1.807, 2.05) is 13.0 Å². The number of nitrogens with one attached hydrogen (secondary N) is 2. The van der Waals surface area contributed by atoms with Crippen LogP contribution >= 0.6 is 11.6 Å². The average Bonchev–Trinajstić information content (AvgIpc) is 2.74. The van der Waals surface area contributed by atoms with E-state index in [0.29, 0.717) is 22.2 Å². The molecule has 0 aliphatic rings. The fourth-order valence-corrected chi connectivity index (χ4v) is 4.16. The lowest BCUT2D eigenvalue weighted by atomic mass is 10.1. The van der Waals surface area contributed by atoms with Crippen LogP contribution in [0.1, 0.15) is 15.9 Å². The number of aryl methyl sites for hydroxylation is 1. The standard InChI is InChI=1S/C22H21ClN2O5S/c1-14-7-9-20(29-2)18(11-14)24-22(26)15-5-4-6-17(12-15)31(27,28)25-19-13-16(23)8-10-21(19)30-3/h4-13,25H,1-3H3,(H,24,26). The lowest BCUT2D eigenvalue weighted by Gasteiger charge is -2.13. The van der Waals surface area contributed by atoms with E-state index in [-0.39, 0.29) is 16.1 Å². The van der Waals surface area contributed by atoms with Crippen molar-refractivity contribution in [3.63, 3.8) is 0 Å². The van der Waals surface area contributed by atoms with Gasteiger partial charge in [0.2, 0.25) is 0 Å². The maximum atomic E-state index is 12.9. The number of methoxy groups -OCH3 is 2. The molecular formula is C22H21ClN2O5S. The van der Waals surface area contributed by atoms with Gasteiger partial charge in [-0.25, -0.2) is 8.42 Å². The number of sulfonamides is 1. The molecular weight excluding hydrogens is 440 g/mol. The van der Waals surface area contributed by atoms with Gasteiger partial charge in [-0.15, -0.1) is 0 Å². The SMILES string of the molecule is COc1ccc(C)cc1NC(=O)c1cccc(S(=O)(=O)Nc2cc(Cl)ccc2OC)c1. The second kappa shape index (κ2) is 9.28. The lowest BCUT2D eigenvalue weighted by molar-refractivity contribution is 0.102. The van der Waals surface area contributed by atoms with Crippen molar-refractivity contribution in [1.82, 2.24) is 0 Å². The van der Waals surface area contributed by atoms with Gasteiger partial charge in [-0.05, 0) is 61.0 Å². The van der Waals surface area contributed by atoms with Gasteiger partial charge < -0.3 is 14.8 Å². The molecule has 0 heterocycles. The Labute approximate surface area is 186 Å².